The van der Waals surface area contributed by atoms with Gasteiger partial charge in [-0.05, 0) is 23.8 Å². The third-order valence-corrected chi connectivity index (χ3v) is 2.94. The molecule has 6 heteroatoms. The van der Waals surface area contributed by atoms with Crippen LogP contribution in [0.5, 0.6) is 0 Å². The summed E-state index contributed by atoms with van der Waals surface area (Å²) in [5, 5.41) is 19.5. The summed E-state index contributed by atoms with van der Waals surface area (Å²) in [6.45, 7) is 1.46. The molecule has 4 N–H and O–H groups in total. The number of rotatable bonds is 5. The molecule has 0 spiro atoms. The first kappa shape index (κ1) is 13.8. The minimum Gasteiger partial charge on any atom is -0.480 e. The number of hydrogen-bond acceptors (Lipinski definition) is 4. The number of aromatic carboxylic acids is 1. The molecule has 0 aliphatic rings. The van der Waals surface area contributed by atoms with Crippen LogP contribution in [0.1, 0.15) is 17.3 Å². The van der Waals surface area contributed by atoms with Crippen LogP contribution in [-0.2, 0) is 4.79 Å². The fourth-order valence-electron chi connectivity index (χ4n) is 1.85. The lowest BCUT2D eigenvalue weighted by atomic mass is 10.0. The fourth-order valence-corrected chi connectivity index (χ4v) is 1.85. The zero-order valence-corrected chi connectivity index (χ0v) is 10.8. The Hall–Kier alpha value is -2.60. The number of aliphatic carboxylic acids is 1. The van der Waals surface area contributed by atoms with E-state index in [1.807, 2.05) is 12.1 Å². The number of carboxylic acids is 2. The number of carboxylic acid groups (broad SMARTS) is 2. The van der Waals surface area contributed by atoms with Gasteiger partial charge in [0, 0.05) is 0 Å². The van der Waals surface area contributed by atoms with E-state index < -0.39 is 18.0 Å². The lowest BCUT2D eigenvalue weighted by Gasteiger charge is -2.15. The monoisotopic (exact) mass is 274 g/mol. The highest BCUT2D eigenvalue weighted by Crippen LogP contribution is 2.25. The van der Waals surface area contributed by atoms with E-state index in [-0.39, 0.29) is 5.56 Å². The second-order valence-corrected chi connectivity index (χ2v) is 4.34. The molecule has 2 aromatic rings. The van der Waals surface area contributed by atoms with Gasteiger partial charge in [-0.3, -0.25) is 4.79 Å². The number of anilines is 1. The van der Waals surface area contributed by atoms with E-state index in [2.05, 4.69) is 10.9 Å². The van der Waals surface area contributed by atoms with E-state index in [4.69, 9.17) is 5.11 Å². The van der Waals surface area contributed by atoms with Gasteiger partial charge in [0.2, 0.25) is 0 Å². The summed E-state index contributed by atoms with van der Waals surface area (Å²) in [4.78, 5) is 22.2. The van der Waals surface area contributed by atoms with Gasteiger partial charge in [-0.1, -0.05) is 30.3 Å². The predicted molar refractivity (Wildman–Crippen MR) is 74.8 cm³/mol. The molecular weight excluding hydrogens is 260 g/mol. The molecule has 0 radical (unpaired) electrons. The number of hydrazine groups is 1. The molecule has 1 atom stereocenters. The maximum Gasteiger partial charge on any atom is 0.338 e. The Morgan fingerprint density at radius 2 is 1.80 bits per heavy atom. The quantitative estimate of drug-likeness (QED) is 0.622. The second kappa shape index (κ2) is 5.58. The van der Waals surface area contributed by atoms with E-state index in [0.29, 0.717) is 11.1 Å². The molecule has 2 rings (SSSR count). The Labute approximate surface area is 115 Å². The van der Waals surface area contributed by atoms with Crippen molar-refractivity contribution in [3.05, 3.63) is 42.0 Å². The molecule has 2 aromatic carbocycles. The van der Waals surface area contributed by atoms with Crippen molar-refractivity contribution >= 4 is 28.4 Å². The number of nitrogens with one attached hydrogen (secondary N) is 2. The summed E-state index contributed by atoms with van der Waals surface area (Å²) < 4.78 is 0. The molecule has 0 bridgehead atoms. The van der Waals surface area contributed by atoms with Crippen LogP contribution in [0.25, 0.3) is 10.8 Å². The Morgan fingerprint density at radius 1 is 1.10 bits per heavy atom. The third-order valence-electron chi connectivity index (χ3n) is 2.94. The molecule has 6 nitrogen and oxygen atoms in total. The molecule has 20 heavy (non-hydrogen) atoms. The summed E-state index contributed by atoms with van der Waals surface area (Å²) in [7, 11) is 0. The topological polar surface area (TPSA) is 98.7 Å². The maximum absolute atomic E-state index is 11.4. The smallest absolute Gasteiger partial charge is 0.338 e. The number of benzene rings is 2. The molecular formula is C14H14N2O4. The average Bonchev–Trinajstić information content (AvgIpc) is 2.43. The Bertz CT molecular complexity index is 669. The Kier molecular flexibility index (Phi) is 3.86. The van der Waals surface area contributed by atoms with Crippen LogP contribution < -0.4 is 10.9 Å². The minimum atomic E-state index is -1.07. The van der Waals surface area contributed by atoms with E-state index in [9.17, 15) is 14.7 Å². The van der Waals surface area contributed by atoms with Crippen molar-refractivity contribution < 1.29 is 19.8 Å². The first-order chi connectivity index (χ1) is 9.50. The minimum absolute atomic E-state index is 0.105. The first-order valence-electron chi connectivity index (χ1n) is 6.00. The van der Waals surface area contributed by atoms with Gasteiger partial charge in [0.05, 0.1) is 11.3 Å². The van der Waals surface area contributed by atoms with Crippen LogP contribution in [0, 0.1) is 0 Å². The van der Waals surface area contributed by atoms with Crippen molar-refractivity contribution in [1.82, 2.24) is 5.43 Å². The van der Waals surface area contributed by atoms with Gasteiger partial charge in [0.25, 0.3) is 0 Å². The molecule has 0 amide bonds. The van der Waals surface area contributed by atoms with Gasteiger partial charge >= 0.3 is 11.9 Å². The van der Waals surface area contributed by atoms with Crippen LogP contribution in [0.2, 0.25) is 0 Å². The maximum atomic E-state index is 11.4. The molecule has 0 saturated heterocycles. The van der Waals surface area contributed by atoms with E-state index >= 15 is 0 Å². The van der Waals surface area contributed by atoms with Gasteiger partial charge in [-0.15, -0.1) is 0 Å². The molecule has 0 unspecified atom stereocenters. The fraction of sp³-hybridized carbons (Fsp3) is 0.143. The zero-order valence-electron chi connectivity index (χ0n) is 10.8. The summed E-state index contributed by atoms with van der Waals surface area (Å²) in [5.41, 5.74) is 5.63. The number of carbonyl (C=O) groups is 2. The highest BCUT2D eigenvalue weighted by molar-refractivity contribution is 6.08. The van der Waals surface area contributed by atoms with Crippen LogP contribution >= 0.6 is 0 Å². The lowest BCUT2D eigenvalue weighted by molar-refractivity contribution is -0.138. The second-order valence-electron chi connectivity index (χ2n) is 4.34. The van der Waals surface area contributed by atoms with Crippen LogP contribution in [0.3, 0.4) is 0 Å². The van der Waals surface area contributed by atoms with Crippen molar-refractivity contribution in [1.29, 1.82) is 0 Å². The number of hydrogen-bond donors (Lipinski definition) is 4. The molecule has 0 aliphatic heterocycles. The number of fused-ring (bicyclic) bond motifs is 1. The predicted octanol–water partition coefficient (Wildman–Crippen LogP) is 1.93. The van der Waals surface area contributed by atoms with Gasteiger partial charge < -0.3 is 15.6 Å². The third kappa shape index (κ3) is 2.70. The van der Waals surface area contributed by atoms with E-state index in [0.717, 1.165) is 5.39 Å². The molecule has 0 heterocycles. The molecule has 0 saturated carbocycles. The van der Waals surface area contributed by atoms with Crippen LogP contribution in [-0.4, -0.2) is 28.2 Å². The lowest BCUT2D eigenvalue weighted by Crippen LogP contribution is -2.38. The molecule has 0 aliphatic carbocycles. The normalized spacial score (nSPS) is 12.1. The molecule has 0 fully saturated rings. The van der Waals surface area contributed by atoms with Crippen molar-refractivity contribution in [2.24, 2.45) is 0 Å². The van der Waals surface area contributed by atoms with Crippen molar-refractivity contribution in [2.75, 3.05) is 5.43 Å². The van der Waals surface area contributed by atoms with Crippen molar-refractivity contribution in [3.8, 4) is 0 Å². The largest absolute Gasteiger partial charge is 0.480 e. The summed E-state index contributed by atoms with van der Waals surface area (Å²) in [6, 6.07) is 9.65. The summed E-state index contributed by atoms with van der Waals surface area (Å²) in [5.74, 6) is -2.11. The highest BCUT2D eigenvalue weighted by atomic mass is 16.4. The summed E-state index contributed by atoms with van der Waals surface area (Å²) in [6.07, 6.45) is 0. The Balaban J connectivity index is 2.40. The van der Waals surface area contributed by atoms with Gasteiger partial charge in [-0.2, -0.15) is 0 Å². The van der Waals surface area contributed by atoms with Crippen LogP contribution in [0.4, 0.5) is 5.69 Å². The standard InChI is InChI=1S/C14H14N2O4/c1-8(13(17)18)15-16-11-7-6-9-4-2-3-5-10(9)12(11)14(19)20/h2-8,15-16H,1H3,(H,17,18)(H,19,20)/t8-/m0/s1. The first-order valence-corrected chi connectivity index (χ1v) is 6.00. The Morgan fingerprint density at radius 3 is 2.45 bits per heavy atom. The SMILES string of the molecule is C[C@H](NNc1ccc2ccccc2c1C(=O)O)C(=O)O. The average molecular weight is 274 g/mol. The van der Waals surface area contributed by atoms with Gasteiger partial charge in [-0.25, -0.2) is 10.2 Å². The molecule has 0 aromatic heterocycles. The van der Waals surface area contributed by atoms with Crippen molar-refractivity contribution in [2.45, 2.75) is 13.0 Å². The van der Waals surface area contributed by atoms with Gasteiger partial charge in [0.15, 0.2) is 0 Å². The van der Waals surface area contributed by atoms with E-state index in [1.165, 1.54) is 6.92 Å². The van der Waals surface area contributed by atoms with Crippen LogP contribution in [0.15, 0.2) is 36.4 Å². The highest BCUT2D eigenvalue weighted by Gasteiger charge is 2.16. The van der Waals surface area contributed by atoms with E-state index in [1.54, 1.807) is 24.3 Å². The summed E-state index contributed by atoms with van der Waals surface area (Å²) >= 11 is 0. The van der Waals surface area contributed by atoms with Gasteiger partial charge in [0.1, 0.15) is 6.04 Å². The van der Waals surface area contributed by atoms with Crippen molar-refractivity contribution in [3.63, 3.8) is 0 Å². The zero-order chi connectivity index (χ0) is 14.7. The molecule has 104 valence electrons.